The number of rotatable bonds is 4. The molecular formula is C14H8Cl4O3. The van der Waals surface area contributed by atoms with Gasteiger partial charge in [0.1, 0.15) is 6.61 Å². The molecule has 0 bridgehead atoms. The fraction of sp³-hybridized carbons (Fsp3) is 0.0714. The van der Waals surface area contributed by atoms with E-state index in [1.165, 1.54) is 12.1 Å². The first-order chi connectivity index (χ1) is 9.88. The van der Waals surface area contributed by atoms with Crippen LogP contribution >= 0.6 is 46.4 Å². The average Bonchev–Trinajstić information content (AvgIpc) is 2.39. The lowest BCUT2D eigenvalue weighted by atomic mass is 10.2. The van der Waals surface area contributed by atoms with Crippen molar-refractivity contribution in [2.45, 2.75) is 6.61 Å². The first kappa shape index (κ1) is 16.2. The number of aromatic carboxylic acids is 1. The first-order valence-electron chi connectivity index (χ1n) is 5.67. The molecule has 0 fully saturated rings. The molecule has 2 rings (SSSR count). The first-order valence-corrected chi connectivity index (χ1v) is 7.18. The molecule has 0 saturated heterocycles. The summed E-state index contributed by atoms with van der Waals surface area (Å²) in [6, 6.07) is 7.54. The Hall–Kier alpha value is -1.13. The molecule has 0 aromatic heterocycles. The number of carboxylic acids is 1. The Bertz CT molecular complexity index is 678. The van der Waals surface area contributed by atoms with E-state index in [-0.39, 0.29) is 28.0 Å². The number of carbonyl (C=O) groups is 1. The van der Waals surface area contributed by atoms with Gasteiger partial charge in [0.2, 0.25) is 0 Å². The van der Waals surface area contributed by atoms with Crippen molar-refractivity contribution in [2.75, 3.05) is 0 Å². The van der Waals surface area contributed by atoms with Gasteiger partial charge in [0.25, 0.3) is 0 Å². The molecule has 0 radical (unpaired) electrons. The number of hydrogen-bond donors (Lipinski definition) is 1. The third kappa shape index (κ3) is 3.95. The quantitative estimate of drug-likeness (QED) is 0.769. The summed E-state index contributed by atoms with van der Waals surface area (Å²) in [5, 5.41) is 10.1. The van der Waals surface area contributed by atoms with Gasteiger partial charge in [0.05, 0.1) is 15.6 Å². The molecule has 0 amide bonds. The maximum Gasteiger partial charge on any atom is 0.335 e. The van der Waals surface area contributed by atoms with Gasteiger partial charge in [-0.05, 0) is 24.3 Å². The normalized spacial score (nSPS) is 10.5. The lowest BCUT2D eigenvalue weighted by Gasteiger charge is -2.12. The Balaban J connectivity index is 2.22. The van der Waals surface area contributed by atoms with Gasteiger partial charge in [-0.1, -0.05) is 52.5 Å². The van der Waals surface area contributed by atoms with Crippen LogP contribution in [0.5, 0.6) is 5.75 Å². The molecule has 2 aromatic carbocycles. The summed E-state index contributed by atoms with van der Waals surface area (Å²) in [5.74, 6) is -0.916. The average molecular weight is 366 g/mol. The van der Waals surface area contributed by atoms with Gasteiger partial charge in [0.15, 0.2) is 5.75 Å². The number of hydrogen-bond acceptors (Lipinski definition) is 2. The molecule has 0 unspecified atom stereocenters. The van der Waals surface area contributed by atoms with Gasteiger partial charge >= 0.3 is 5.97 Å². The van der Waals surface area contributed by atoms with Gasteiger partial charge in [0, 0.05) is 15.6 Å². The summed E-state index contributed by atoms with van der Waals surface area (Å²) in [6.45, 7) is 0.127. The van der Waals surface area contributed by atoms with Crippen molar-refractivity contribution in [3.8, 4) is 5.75 Å². The Morgan fingerprint density at radius 3 is 2.14 bits per heavy atom. The van der Waals surface area contributed by atoms with Crippen LogP contribution in [0.4, 0.5) is 0 Å². The highest BCUT2D eigenvalue weighted by Gasteiger charge is 2.14. The molecule has 21 heavy (non-hydrogen) atoms. The second kappa shape index (κ2) is 6.75. The molecular weight excluding hydrogens is 358 g/mol. The summed E-state index contributed by atoms with van der Waals surface area (Å²) in [6.07, 6.45) is 0. The summed E-state index contributed by atoms with van der Waals surface area (Å²) in [4.78, 5) is 10.9. The molecule has 3 nitrogen and oxygen atoms in total. The number of halogens is 4. The second-order valence-electron chi connectivity index (χ2n) is 4.10. The summed E-state index contributed by atoms with van der Waals surface area (Å²) in [5.41, 5.74) is 0.692. The van der Waals surface area contributed by atoms with Crippen LogP contribution in [0, 0.1) is 0 Å². The van der Waals surface area contributed by atoms with Crippen LogP contribution in [0.2, 0.25) is 20.1 Å². The van der Waals surface area contributed by atoms with Crippen molar-refractivity contribution < 1.29 is 14.6 Å². The predicted molar refractivity (Wildman–Crippen MR) is 84.2 cm³/mol. The molecule has 0 heterocycles. The zero-order chi connectivity index (χ0) is 15.6. The van der Waals surface area contributed by atoms with Crippen molar-refractivity contribution in [3.05, 3.63) is 61.5 Å². The molecule has 0 aliphatic carbocycles. The molecule has 0 spiro atoms. The van der Waals surface area contributed by atoms with Gasteiger partial charge in [-0.2, -0.15) is 0 Å². The van der Waals surface area contributed by atoms with Gasteiger partial charge in [-0.15, -0.1) is 0 Å². The van der Waals surface area contributed by atoms with Crippen LogP contribution in [0.25, 0.3) is 0 Å². The van der Waals surface area contributed by atoms with E-state index in [1.54, 1.807) is 18.2 Å². The molecule has 0 saturated carbocycles. The largest absolute Gasteiger partial charge is 0.486 e. The second-order valence-corrected chi connectivity index (χ2v) is 5.76. The highest BCUT2D eigenvalue weighted by molar-refractivity contribution is 6.37. The van der Waals surface area contributed by atoms with E-state index in [2.05, 4.69) is 0 Å². The van der Waals surface area contributed by atoms with E-state index in [4.69, 9.17) is 56.2 Å². The molecule has 110 valence electrons. The van der Waals surface area contributed by atoms with E-state index >= 15 is 0 Å². The fourth-order valence-electron chi connectivity index (χ4n) is 1.61. The molecule has 0 aliphatic rings. The zero-order valence-electron chi connectivity index (χ0n) is 10.4. The minimum absolute atomic E-state index is 0.0122. The van der Waals surface area contributed by atoms with E-state index < -0.39 is 5.97 Å². The van der Waals surface area contributed by atoms with Crippen molar-refractivity contribution in [2.24, 2.45) is 0 Å². The van der Waals surface area contributed by atoms with E-state index in [0.29, 0.717) is 15.6 Å². The van der Waals surface area contributed by atoms with Crippen LogP contribution in [-0.2, 0) is 6.61 Å². The number of ether oxygens (including phenoxy) is 1. The van der Waals surface area contributed by atoms with Gasteiger partial charge in [-0.25, -0.2) is 4.79 Å². The highest BCUT2D eigenvalue weighted by Crippen LogP contribution is 2.35. The number of benzene rings is 2. The van der Waals surface area contributed by atoms with E-state index in [9.17, 15) is 4.79 Å². The van der Waals surface area contributed by atoms with Crippen molar-refractivity contribution in [1.29, 1.82) is 0 Å². The third-order valence-corrected chi connectivity index (χ3v) is 3.78. The van der Waals surface area contributed by atoms with Crippen LogP contribution < -0.4 is 4.74 Å². The fourth-order valence-corrected chi connectivity index (χ4v) is 2.67. The smallest absolute Gasteiger partial charge is 0.335 e. The van der Waals surface area contributed by atoms with E-state index in [0.717, 1.165) is 0 Å². The lowest BCUT2D eigenvalue weighted by Crippen LogP contribution is -2.00. The maximum absolute atomic E-state index is 10.9. The molecule has 1 N–H and O–H groups in total. The third-order valence-electron chi connectivity index (χ3n) is 2.63. The maximum atomic E-state index is 10.9. The van der Waals surface area contributed by atoms with Crippen molar-refractivity contribution >= 4 is 52.4 Å². The van der Waals surface area contributed by atoms with E-state index in [1.807, 2.05) is 0 Å². The van der Waals surface area contributed by atoms with Crippen LogP contribution in [0.3, 0.4) is 0 Å². The van der Waals surface area contributed by atoms with Gasteiger partial charge < -0.3 is 9.84 Å². The number of carboxylic acid groups (broad SMARTS) is 1. The van der Waals surface area contributed by atoms with Crippen molar-refractivity contribution in [3.63, 3.8) is 0 Å². The summed E-state index contributed by atoms with van der Waals surface area (Å²) in [7, 11) is 0. The zero-order valence-corrected chi connectivity index (χ0v) is 13.4. The minimum Gasteiger partial charge on any atom is -0.486 e. The molecule has 0 aliphatic heterocycles. The predicted octanol–water partition coefficient (Wildman–Crippen LogP) is 5.58. The monoisotopic (exact) mass is 364 g/mol. The summed E-state index contributed by atoms with van der Waals surface area (Å²) < 4.78 is 5.52. The van der Waals surface area contributed by atoms with Gasteiger partial charge in [-0.3, -0.25) is 0 Å². The van der Waals surface area contributed by atoms with Crippen LogP contribution in [0.15, 0.2) is 30.3 Å². The Kier molecular flexibility index (Phi) is 5.22. The van der Waals surface area contributed by atoms with Crippen molar-refractivity contribution in [1.82, 2.24) is 0 Å². The topological polar surface area (TPSA) is 46.5 Å². The Labute approximate surface area is 141 Å². The minimum atomic E-state index is -1.12. The molecule has 0 atom stereocenters. The lowest BCUT2D eigenvalue weighted by molar-refractivity contribution is 0.0697. The molecule has 7 heteroatoms. The Morgan fingerprint density at radius 1 is 1.00 bits per heavy atom. The SMILES string of the molecule is O=C(O)c1cc(Cl)c(OCc2ccc(Cl)cc2Cl)c(Cl)c1. The standard InChI is InChI=1S/C14H8Cl4O3/c15-9-2-1-7(10(16)5-9)6-21-13-11(17)3-8(14(19)20)4-12(13)18/h1-5H,6H2,(H,19,20). The van der Waals surface area contributed by atoms with Crippen LogP contribution in [-0.4, -0.2) is 11.1 Å². The Morgan fingerprint density at radius 2 is 1.62 bits per heavy atom. The molecule has 2 aromatic rings. The van der Waals surface area contributed by atoms with Crippen LogP contribution in [0.1, 0.15) is 15.9 Å². The summed E-state index contributed by atoms with van der Waals surface area (Å²) >= 11 is 23.8. The highest BCUT2D eigenvalue weighted by atomic mass is 35.5.